The van der Waals surface area contributed by atoms with Crippen LogP contribution in [0.3, 0.4) is 0 Å². The highest BCUT2D eigenvalue weighted by atomic mass is 19.1. The van der Waals surface area contributed by atoms with E-state index in [-0.39, 0.29) is 5.82 Å². The van der Waals surface area contributed by atoms with Gasteiger partial charge in [-0.3, -0.25) is 14.8 Å². The average Bonchev–Trinajstić information content (AvgIpc) is 3.06. The molecule has 4 rings (SSSR count). The molecule has 2 aliphatic heterocycles. The van der Waals surface area contributed by atoms with Crippen molar-refractivity contribution in [1.29, 1.82) is 0 Å². The number of nitrogens with zero attached hydrogens (tertiary/aromatic N) is 3. The fourth-order valence-electron chi connectivity index (χ4n) is 4.61. The number of likely N-dealkylation sites (tertiary alicyclic amines) is 2. The summed E-state index contributed by atoms with van der Waals surface area (Å²) in [6.07, 6.45) is 1.68. The lowest BCUT2D eigenvalue weighted by molar-refractivity contribution is 0.221. The maximum atomic E-state index is 13.9. The van der Waals surface area contributed by atoms with Gasteiger partial charge in [-0.15, -0.1) is 0 Å². The Morgan fingerprint density at radius 1 is 1.12 bits per heavy atom. The van der Waals surface area contributed by atoms with Crippen LogP contribution in [0.5, 0.6) is 0 Å². The first-order valence-corrected chi connectivity index (χ1v) is 8.71. The Hall–Kier alpha value is -1.78. The zero-order valence-electron chi connectivity index (χ0n) is 14.3. The molecule has 1 aromatic carbocycles. The van der Waals surface area contributed by atoms with Crippen molar-refractivity contribution in [3.8, 4) is 0 Å². The molecule has 0 bridgehead atoms. The Balaban J connectivity index is 1.53. The summed E-state index contributed by atoms with van der Waals surface area (Å²) in [7, 11) is 2.23. The first-order valence-electron chi connectivity index (χ1n) is 8.71. The monoisotopic (exact) mass is 325 g/mol. The maximum Gasteiger partial charge on any atom is 0.146 e. The largest absolute Gasteiger partial charge is 0.299 e. The second-order valence-corrected chi connectivity index (χ2v) is 7.29. The Morgan fingerprint density at radius 3 is 2.75 bits per heavy atom. The van der Waals surface area contributed by atoms with Gasteiger partial charge >= 0.3 is 0 Å². The van der Waals surface area contributed by atoms with Gasteiger partial charge in [0.2, 0.25) is 0 Å². The van der Waals surface area contributed by atoms with E-state index in [1.54, 1.807) is 12.3 Å². The SMILES string of the molecule is Cc1ccccc1[C@@H]1[C@@H]2CN(Cc3ncccc3F)C[C@@H]2CN1C. The van der Waals surface area contributed by atoms with E-state index in [0.29, 0.717) is 30.1 Å². The van der Waals surface area contributed by atoms with Crippen molar-refractivity contribution in [3.63, 3.8) is 0 Å². The summed E-state index contributed by atoms with van der Waals surface area (Å²) >= 11 is 0. The second kappa shape index (κ2) is 6.26. The number of halogens is 1. The van der Waals surface area contributed by atoms with Gasteiger partial charge in [0.15, 0.2) is 0 Å². The molecule has 4 heteroatoms. The van der Waals surface area contributed by atoms with Crippen molar-refractivity contribution in [2.24, 2.45) is 11.8 Å². The smallest absolute Gasteiger partial charge is 0.146 e. The van der Waals surface area contributed by atoms with Gasteiger partial charge in [0.25, 0.3) is 0 Å². The lowest BCUT2D eigenvalue weighted by Crippen LogP contribution is -2.29. The first kappa shape index (κ1) is 15.7. The molecule has 3 atom stereocenters. The molecule has 126 valence electrons. The molecule has 3 nitrogen and oxygen atoms in total. The van der Waals surface area contributed by atoms with Gasteiger partial charge in [0.1, 0.15) is 5.82 Å². The van der Waals surface area contributed by atoms with E-state index >= 15 is 0 Å². The molecule has 0 aliphatic carbocycles. The van der Waals surface area contributed by atoms with E-state index < -0.39 is 0 Å². The third-order valence-electron chi connectivity index (χ3n) is 5.69. The minimum absolute atomic E-state index is 0.192. The Kier molecular flexibility index (Phi) is 4.10. The van der Waals surface area contributed by atoms with E-state index in [1.807, 2.05) is 0 Å². The first-order chi connectivity index (χ1) is 11.6. The number of hydrogen-bond donors (Lipinski definition) is 0. The van der Waals surface area contributed by atoms with Crippen LogP contribution in [0, 0.1) is 24.6 Å². The van der Waals surface area contributed by atoms with Gasteiger partial charge in [-0.1, -0.05) is 24.3 Å². The third kappa shape index (κ3) is 2.74. The van der Waals surface area contributed by atoms with Gasteiger partial charge in [-0.05, 0) is 49.1 Å². The molecule has 0 radical (unpaired) electrons. The molecule has 0 saturated carbocycles. The van der Waals surface area contributed by atoms with E-state index in [4.69, 9.17) is 0 Å². The van der Waals surface area contributed by atoms with Crippen molar-refractivity contribution < 1.29 is 4.39 Å². The number of pyridine rings is 1. The van der Waals surface area contributed by atoms with E-state index in [0.717, 1.165) is 19.6 Å². The molecule has 3 heterocycles. The number of benzene rings is 1. The van der Waals surface area contributed by atoms with Crippen molar-refractivity contribution in [3.05, 3.63) is 65.2 Å². The lowest BCUT2D eigenvalue weighted by Gasteiger charge is -2.28. The molecule has 0 amide bonds. The Morgan fingerprint density at radius 2 is 1.96 bits per heavy atom. The average molecular weight is 325 g/mol. The molecule has 0 spiro atoms. The quantitative estimate of drug-likeness (QED) is 0.863. The fourth-order valence-corrected chi connectivity index (χ4v) is 4.61. The van der Waals surface area contributed by atoms with Crippen molar-refractivity contribution in [1.82, 2.24) is 14.8 Å². The van der Waals surface area contributed by atoms with Crippen molar-refractivity contribution in [2.75, 3.05) is 26.7 Å². The molecule has 1 aromatic heterocycles. The number of aryl methyl sites for hydroxylation is 1. The van der Waals surface area contributed by atoms with E-state index in [1.165, 1.54) is 17.2 Å². The van der Waals surface area contributed by atoms with Crippen LogP contribution in [0.4, 0.5) is 4.39 Å². The summed E-state index contributed by atoms with van der Waals surface area (Å²) in [6, 6.07) is 12.3. The second-order valence-electron chi connectivity index (χ2n) is 7.29. The predicted molar refractivity (Wildman–Crippen MR) is 93.0 cm³/mol. The molecule has 2 saturated heterocycles. The number of fused-ring (bicyclic) bond motifs is 1. The normalized spacial score (nSPS) is 27.5. The summed E-state index contributed by atoms with van der Waals surface area (Å²) in [5.74, 6) is 1.08. The maximum absolute atomic E-state index is 13.9. The highest BCUT2D eigenvalue weighted by molar-refractivity contribution is 5.31. The van der Waals surface area contributed by atoms with Crippen LogP contribution in [0.25, 0.3) is 0 Å². The molecular weight excluding hydrogens is 301 g/mol. The minimum Gasteiger partial charge on any atom is -0.299 e. The zero-order chi connectivity index (χ0) is 16.7. The van der Waals surface area contributed by atoms with Crippen LogP contribution in [-0.4, -0.2) is 41.5 Å². The lowest BCUT2D eigenvalue weighted by atomic mass is 9.88. The number of aromatic nitrogens is 1. The van der Waals surface area contributed by atoms with Crippen molar-refractivity contribution in [2.45, 2.75) is 19.5 Å². The highest BCUT2D eigenvalue weighted by Gasteiger charge is 2.46. The summed E-state index contributed by atoms with van der Waals surface area (Å²) in [4.78, 5) is 9.09. The predicted octanol–water partition coefficient (Wildman–Crippen LogP) is 3.26. The molecule has 0 unspecified atom stereocenters. The summed E-state index contributed by atoms with van der Waals surface area (Å²) in [5.41, 5.74) is 3.38. The van der Waals surface area contributed by atoms with Crippen LogP contribution < -0.4 is 0 Å². The molecular formula is C20H24FN3. The number of hydrogen-bond acceptors (Lipinski definition) is 3. The van der Waals surface area contributed by atoms with Gasteiger partial charge in [0.05, 0.1) is 5.69 Å². The van der Waals surface area contributed by atoms with Crippen LogP contribution in [-0.2, 0) is 6.54 Å². The minimum atomic E-state index is -0.192. The third-order valence-corrected chi connectivity index (χ3v) is 5.69. The molecule has 0 N–H and O–H groups in total. The molecule has 2 aromatic rings. The van der Waals surface area contributed by atoms with Gasteiger partial charge in [-0.25, -0.2) is 4.39 Å². The summed E-state index contributed by atoms with van der Waals surface area (Å²) < 4.78 is 13.9. The Labute approximate surface area is 143 Å². The molecule has 24 heavy (non-hydrogen) atoms. The van der Waals surface area contributed by atoms with Gasteiger partial charge in [0, 0.05) is 38.4 Å². The summed E-state index contributed by atoms with van der Waals surface area (Å²) in [6.45, 7) is 5.98. The van der Waals surface area contributed by atoms with Crippen LogP contribution in [0.2, 0.25) is 0 Å². The van der Waals surface area contributed by atoms with E-state index in [2.05, 4.69) is 53.0 Å². The summed E-state index contributed by atoms with van der Waals surface area (Å²) in [5, 5.41) is 0. The van der Waals surface area contributed by atoms with Crippen molar-refractivity contribution >= 4 is 0 Å². The standard InChI is InChI=1S/C20H24FN3/c1-14-6-3-4-7-16(14)20-17-12-24(11-15(17)10-23(20)2)13-19-18(21)8-5-9-22-19/h3-9,15,17,20H,10-13H2,1-2H3/t15-,17+,20+/m0/s1. The van der Waals surface area contributed by atoms with Crippen LogP contribution in [0.15, 0.2) is 42.6 Å². The van der Waals surface area contributed by atoms with Crippen LogP contribution in [0.1, 0.15) is 22.9 Å². The molecule has 2 fully saturated rings. The van der Waals surface area contributed by atoms with Gasteiger partial charge < -0.3 is 0 Å². The van der Waals surface area contributed by atoms with Crippen LogP contribution >= 0.6 is 0 Å². The molecule has 2 aliphatic rings. The van der Waals surface area contributed by atoms with Gasteiger partial charge in [-0.2, -0.15) is 0 Å². The highest BCUT2D eigenvalue weighted by Crippen LogP contribution is 2.45. The number of rotatable bonds is 3. The fraction of sp³-hybridized carbons (Fsp3) is 0.450. The topological polar surface area (TPSA) is 19.4 Å². The zero-order valence-corrected chi connectivity index (χ0v) is 14.3. The van der Waals surface area contributed by atoms with E-state index in [9.17, 15) is 4.39 Å². The Bertz CT molecular complexity index is 732.